The van der Waals surface area contributed by atoms with Crippen LogP contribution in [0.2, 0.25) is 5.02 Å². The van der Waals surface area contributed by atoms with Gasteiger partial charge in [0.25, 0.3) is 0 Å². The molecule has 0 radical (unpaired) electrons. The third-order valence-electron chi connectivity index (χ3n) is 3.05. The number of hydrogen-bond acceptors (Lipinski definition) is 0. The second kappa shape index (κ2) is 3.80. The molecule has 0 bridgehead atoms. The first kappa shape index (κ1) is 10.2. The van der Waals surface area contributed by atoms with Crippen molar-refractivity contribution in [1.29, 1.82) is 0 Å². The van der Waals surface area contributed by atoms with Crippen molar-refractivity contribution >= 4 is 40.1 Å². The van der Waals surface area contributed by atoms with E-state index in [1.807, 2.05) is 18.2 Å². The van der Waals surface area contributed by atoms with Gasteiger partial charge in [-0.15, -0.1) is 0 Å². The van der Waals surface area contributed by atoms with Gasteiger partial charge in [0.1, 0.15) is 0 Å². The minimum absolute atomic E-state index is 0.883. The summed E-state index contributed by atoms with van der Waals surface area (Å²) in [6, 6.07) is 10.4. The molecule has 0 nitrogen and oxygen atoms in total. The first-order valence-electron chi connectivity index (χ1n) is 5.32. The van der Waals surface area contributed by atoms with Crippen LogP contribution in [0.3, 0.4) is 0 Å². The van der Waals surface area contributed by atoms with Crippen molar-refractivity contribution < 1.29 is 0 Å². The van der Waals surface area contributed by atoms with E-state index in [2.05, 4.69) is 18.2 Å². The summed E-state index contributed by atoms with van der Waals surface area (Å²) in [6.07, 6.45) is 3.86. The molecule has 0 saturated carbocycles. The minimum Gasteiger partial charge on any atom is -0.0891 e. The van der Waals surface area contributed by atoms with Crippen LogP contribution in [0.1, 0.15) is 17.5 Å². The van der Waals surface area contributed by atoms with Gasteiger partial charge in [-0.1, -0.05) is 47.5 Å². The fourth-order valence-electron chi connectivity index (χ4n) is 2.23. The fourth-order valence-corrected chi connectivity index (χ4v) is 2.82. The van der Waals surface area contributed by atoms with Crippen LogP contribution in [0.25, 0.3) is 16.8 Å². The van der Waals surface area contributed by atoms with Crippen LogP contribution in [0, 0.1) is 0 Å². The maximum atomic E-state index is 6.43. The molecule has 0 heterocycles. The summed E-state index contributed by atoms with van der Waals surface area (Å²) in [5.74, 6) is 0. The molecule has 0 unspecified atom stereocenters. The van der Waals surface area contributed by atoms with E-state index in [1.165, 1.54) is 16.5 Å². The molecule has 0 N–H and O–H groups in total. The highest BCUT2D eigenvalue weighted by Crippen LogP contribution is 2.36. The highest BCUT2D eigenvalue weighted by Gasteiger charge is 2.14. The van der Waals surface area contributed by atoms with Crippen molar-refractivity contribution in [1.82, 2.24) is 0 Å². The third kappa shape index (κ3) is 1.53. The average Bonchev–Trinajstić information content (AvgIpc) is 2.29. The van der Waals surface area contributed by atoms with Crippen molar-refractivity contribution in [2.24, 2.45) is 0 Å². The van der Waals surface area contributed by atoms with Crippen LogP contribution in [0.4, 0.5) is 0 Å². The molecule has 0 atom stereocenters. The van der Waals surface area contributed by atoms with Gasteiger partial charge >= 0.3 is 0 Å². The van der Waals surface area contributed by atoms with Gasteiger partial charge in [0.05, 0.1) is 5.02 Å². The standard InChI is InChI=1S/C14H10Cl2/c15-11-5-6-13-10(8-11)7-9-3-1-2-4-12(9)14(13)16/h1-4,7-8H,5-6H2. The Bertz CT molecular complexity index is 597. The van der Waals surface area contributed by atoms with Crippen LogP contribution in [0.5, 0.6) is 0 Å². The number of allylic oxidation sites excluding steroid dienone is 1. The molecule has 0 amide bonds. The Hall–Kier alpha value is -0.980. The predicted octanol–water partition coefficient (Wildman–Crippen LogP) is 5.02. The fraction of sp³-hybridized carbons (Fsp3) is 0.143. The van der Waals surface area contributed by atoms with E-state index in [4.69, 9.17) is 23.2 Å². The quantitative estimate of drug-likeness (QED) is 0.615. The Labute approximate surface area is 104 Å². The van der Waals surface area contributed by atoms with E-state index in [-0.39, 0.29) is 0 Å². The highest BCUT2D eigenvalue weighted by molar-refractivity contribution is 6.37. The van der Waals surface area contributed by atoms with Gasteiger partial charge in [-0.3, -0.25) is 0 Å². The number of benzene rings is 2. The van der Waals surface area contributed by atoms with E-state index < -0.39 is 0 Å². The summed E-state index contributed by atoms with van der Waals surface area (Å²) in [7, 11) is 0. The molecule has 2 aromatic carbocycles. The van der Waals surface area contributed by atoms with Crippen molar-refractivity contribution in [3.8, 4) is 0 Å². The highest BCUT2D eigenvalue weighted by atomic mass is 35.5. The van der Waals surface area contributed by atoms with Crippen molar-refractivity contribution in [2.45, 2.75) is 12.8 Å². The van der Waals surface area contributed by atoms with Crippen LogP contribution >= 0.6 is 23.2 Å². The summed E-state index contributed by atoms with van der Waals surface area (Å²) in [5, 5.41) is 4.11. The Morgan fingerprint density at radius 2 is 1.81 bits per heavy atom. The molecule has 2 aromatic rings. The maximum absolute atomic E-state index is 6.43. The van der Waals surface area contributed by atoms with Crippen LogP contribution < -0.4 is 0 Å². The molecule has 1 aliphatic carbocycles. The Morgan fingerprint density at radius 3 is 2.69 bits per heavy atom. The normalized spacial score (nSPS) is 14.8. The lowest BCUT2D eigenvalue weighted by Crippen LogP contribution is -1.98. The molecule has 0 saturated heterocycles. The van der Waals surface area contributed by atoms with Gasteiger partial charge in [0.15, 0.2) is 0 Å². The lowest BCUT2D eigenvalue weighted by atomic mass is 9.93. The van der Waals surface area contributed by atoms with E-state index in [9.17, 15) is 0 Å². The second-order valence-corrected chi connectivity index (χ2v) is 4.93. The summed E-state index contributed by atoms with van der Waals surface area (Å²) >= 11 is 12.5. The second-order valence-electron chi connectivity index (χ2n) is 4.07. The molecule has 0 aromatic heterocycles. The third-order valence-corrected chi connectivity index (χ3v) is 3.78. The topological polar surface area (TPSA) is 0 Å². The molecule has 0 fully saturated rings. The molecule has 80 valence electrons. The maximum Gasteiger partial charge on any atom is 0.0522 e. The molecule has 0 spiro atoms. The molecule has 1 aliphatic rings. The van der Waals surface area contributed by atoms with Gasteiger partial charge in [-0.25, -0.2) is 0 Å². The number of rotatable bonds is 0. The largest absolute Gasteiger partial charge is 0.0891 e. The van der Waals surface area contributed by atoms with Crippen molar-refractivity contribution in [3.05, 3.63) is 51.5 Å². The zero-order valence-corrected chi connectivity index (χ0v) is 10.1. The zero-order chi connectivity index (χ0) is 11.1. The smallest absolute Gasteiger partial charge is 0.0522 e. The van der Waals surface area contributed by atoms with E-state index >= 15 is 0 Å². The lowest BCUT2D eigenvalue weighted by molar-refractivity contribution is 0.973. The van der Waals surface area contributed by atoms with Crippen LogP contribution in [-0.4, -0.2) is 0 Å². The summed E-state index contributed by atoms with van der Waals surface area (Å²) in [4.78, 5) is 0. The van der Waals surface area contributed by atoms with Gasteiger partial charge in [0.2, 0.25) is 0 Å². The van der Waals surface area contributed by atoms with Gasteiger partial charge in [0, 0.05) is 10.4 Å². The molecular formula is C14H10Cl2. The molecule has 2 heteroatoms. The molecule has 3 rings (SSSR count). The van der Waals surface area contributed by atoms with Crippen LogP contribution in [-0.2, 0) is 6.42 Å². The number of fused-ring (bicyclic) bond motifs is 2. The van der Waals surface area contributed by atoms with Crippen LogP contribution in [0.15, 0.2) is 35.4 Å². The van der Waals surface area contributed by atoms with Crippen molar-refractivity contribution in [3.63, 3.8) is 0 Å². The van der Waals surface area contributed by atoms with Gasteiger partial charge in [-0.05, 0) is 41.5 Å². The Morgan fingerprint density at radius 1 is 1.00 bits per heavy atom. The summed E-state index contributed by atoms with van der Waals surface area (Å²) in [6.45, 7) is 0. The number of halogens is 2. The predicted molar refractivity (Wildman–Crippen MR) is 71.1 cm³/mol. The summed E-state index contributed by atoms with van der Waals surface area (Å²) < 4.78 is 0. The van der Waals surface area contributed by atoms with E-state index in [0.717, 1.165) is 28.3 Å². The first-order chi connectivity index (χ1) is 7.75. The van der Waals surface area contributed by atoms with Gasteiger partial charge in [-0.2, -0.15) is 0 Å². The Kier molecular flexibility index (Phi) is 2.42. The van der Waals surface area contributed by atoms with Crippen molar-refractivity contribution in [2.75, 3.05) is 0 Å². The zero-order valence-electron chi connectivity index (χ0n) is 8.63. The first-order valence-corrected chi connectivity index (χ1v) is 6.07. The Balaban J connectivity index is 2.38. The summed E-state index contributed by atoms with van der Waals surface area (Å²) in [5.41, 5.74) is 2.39. The molecular weight excluding hydrogens is 239 g/mol. The van der Waals surface area contributed by atoms with E-state index in [0.29, 0.717) is 0 Å². The molecule has 16 heavy (non-hydrogen) atoms. The minimum atomic E-state index is 0.883. The number of hydrogen-bond donors (Lipinski definition) is 0. The van der Waals surface area contributed by atoms with Gasteiger partial charge < -0.3 is 0 Å². The molecule has 0 aliphatic heterocycles. The average molecular weight is 249 g/mol. The monoisotopic (exact) mass is 248 g/mol. The SMILES string of the molecule is ClC1=Cc2cc3ccccc3c(Cl)c2CC1. The van der Waals surface area contributed by atoms with E-state index in [1.54, 1.807) is 0 Å². The lowest BCUT2D eigenvalue weighted by Gasteiger charge is -2.16.